The first kappa shape index (κ1) is 11.1. The summed E-state index contributed by atoms with van der Waals surface area (Å²) in [5.41, 5.74) is 0.714. The standard InChI is InChI=1S/C10H9N3O4/c1-5-3-8-11-6(10(16)17-2)4-7(9(14)15)13(8)12-5/h3-4H,1-2H3,(H,14,15). The zero-order valence-electron chi connectivity index (χ0n) is 9.17. The number of ether oxygens (including phenoxy) is 1. The molecule has 1 N–H and O–H groups in total. The van der Waals surface area contributed by atoms with Crippen molar-refractivity contribution in [2.24, 2.45) is 0 Å². The Kier molecular flexibility index (Phi) is 2.51. The molecule has 0 saturated carbocycles. The van der Waals surface area contributed by atoms with Gasteiger partial charge in [-0.3, -0.25) is 0 Å². The third-order valence-corrected chi connectivity index (χ3v) is 2.16. The Morgan fingerprint density at radius 2 is 2.12 bits per heavy atom. The monoisotopic (exact) mass is 235 g/mol. The molecule has 0 aromatic carbocycles. The zero-order valence-corrected chi connectivity index (χ0v) is 9.17. The van der Waals surface area contributed by atoms with E-state index in [1.165, 1.54) is 11.6 Å². The highest BCUT2D eigenvalue weighted by atomic mass is 16.5. The molecule has 0 atom stereocenters. The van der Waals surface area contributed by atoms with Gasteiger partial charge in [-0.05, 0) is 6.92 Å². The van der Waals surface area contributed by atoms with Crippen molar-refractivity contribution in [2.75, 3.05) is 7.11 Å². The molecular weight excluding hydrogens is 226 g/mol. The van der Waals surface area contributed by atoms with Crippen molar-refractivity contribution in [1.29, 1.82) is 0 Å². The second-order valence-electron chi connectivity index (χ2n) is 3.38. The number of aryl methyl sites for hydroxylation is 1. The number of rotatable bonds is 2. The van der Waals surface area contributed by atoms with Gasteiger partial charge >= 0.3 is 11.9 Å². The van der Waals surface area contributed by atoms with E-state index in [4.69, 9.17) is 5.11 Å². The SMILES string of the molecule is COC(=O)c1cc(C(=O)O)n2nc(C)cc2n1. The van der Waals surface area contributed by atoms with Crippen LogP contribution in [0.3, 0.4) is 0 Å². The number of methoxy groups -OCH3 is 1. The van der Waals surface area contributed by atoms with E-state index in [0.29, 0.717) is 11.3 Å². The average molecular weight is 235 g/mol. The number of carboxylic acids is 1. The molecule has 7 heteroatoms. The maximum atomic E-state index is 11.3. The van der Waals surface area contributed by atoms with Crippen molar-refractivity contribution in [3.05, 3.63) is 29.2 Å². The third kappa shape index (κ3) is 1.82. The molecule has 2 aromatic heterocycles. The Labute approximate surface area is 95.6 Å². The fourth-order valence-electron chi connectivity index (χ4n) is 1.45. The van der Waals surface area contributed by atoms with E-state index < -0.39 is 11.9 Å². The molecule has 0 amide bonds. The molecule has 0 aliphatic carbocycles. The van der Waals surface area contributed by atoms with Gasteiger partial charge in [0.1, 0.15) is 0 Å². The molecule has 0 bridgehead atoms. The quantitative estimate of drug-likeness (QED) is 0.763. The van der Waals surface area contributed by atoms with Gasteiger partial charge < -0.3 is 9.84 Å². The summed E-state index contributed by atoms with van der Waals surface area (Å²) in [4.78, 5) is 26.4. The summed E-state index contributed by atoms with van der Waals surface area (Å²) in [5.74, 6) is -1.88. The van der Waals surface area contributed by atoms with E-state index >= 15 is 0 Å². The predicted molar refractivity (Wildman–Crippen MR) is 56.0 cm³/mol. The molecule has 2 rings (SSSR count). The summed E-state index contributed by atoms with van der Waals surface area (Å²) in [5, 5.41) is 13.0. The Balaban J connectivity index is 2.75. The molecule has 0 radical (unpaired) electrons. The number of carbonyl (C=O) groups excluding carboxylic acids is 1. The Morgan fingerprint density at radius 1 is 1.41 bits per heavy atom. The molecule has 17 heavy (non-hydrogen) atoms. The van der Waals surface area contributed by atoms with Gasteiger partial charge in [-0.25, -0.2) is 19.1 Å². The molecular formula is C10H9N3O4. The average Bonchev–Trinajstić information content (AvgIpc) is 2.66. The number of hydrogen-bond acceptors (Lipinski definition) is 5. The predicted octanol–water partition coefficient (Wildman–Crippen LogP) is 0.523. The summed E-state index contributed by atoms with van der Waals surface area (Å²) in [6.45, 7) is 1.71. The van der Waals surface area contributed by atoms with Crippen LogP contribution in [0.1, 0.15) is 26.7 Å². The van der Waals surface area contributed by atoms with Gasteiger partial charge in [-0.15, -0.1) is 0 Å². The summed E-state index contributed by atoms with van der Waals surface area (Å²) in [7, 11) is 1.20. The molecule has 0 aliphatic heterocycles. The van der Waals surface area contributed by atoms with E-state index in [9.17, 15) is 9.59 Å². The highest BCUT2D eigenvalue weighted by molar-refractivity contribution is 5.92. The number of carbonyl (C=O) groups is 2. The first-order valence-corrected chi connectivity index (χ1v) is 4.72. The minimum Gasteiger partial charge on any atom is -0.477 e. The molecule has 2 aromatic rings. The number of hydrogen-bond donors (Lipinski definition) is 1. The van der Waals surface area contributed by atoms with Gasteiger partial charge in [-0.2, -0.15) is 5.10 Å². The van der Waals surface area contributed by atoms with Crippen LogP contribution in [0.25, 0.3) is 5.65 Å². The largest absolute Gasteiger partial charge is 0.477 e. The Hall–Kier alpha value is -2.44. The van der Waals surface area contributed by atoms with Crippen LogP contribution in [0.2, 0.25) is 0 Å². The lowest BCUT2D eigenvalue weighted by Gasteiger charge is -2.02. The van der Waals surface area contributed by atoms with Crippen molar-refractivity contribution in [3.63, 3.8) is 0 Å². The Morgan fingerprint density at radius 3 is 2.71 bits per heavy atom. The van der Waals surface area contributed by atoms with E-state index in [2.05, 4.69) is 14.8 Å². The van der Waals surface area contributed by atoms with Gasteiger partial charge in [0.2, 0.25) is 0 Å². The number of carboxylic acid groups (broad SMARTS) is 1. The lowest BCUT2D eigenvalue weighted by atomic mass is 10.3. The van der Waals surface area contributed by atoms with Gasteiger partial charge in [0.05, 0.1) is 12.8 Å². The topological polar surface area (TPSA) is 93.8 Å². The van der Waals surface area contributed by atoms with E-state index in [0.717, 1.165) is 6.07 Å². The second kappa shape index (κ2) is 3.85. The summed E-state index contributed by atoms with van der Waals surface area (Å²) < 4.78 is 5.67. The van der Waals surface area contributed by atoms with Crippen LogP contribution in [0.5, 0.6) is 0 Å². The summed E-state index contributed by atoms with van der Waals surface area (Å²) in [6.07, 6.45) is 0. The molecule has 2 heterocycles. The van der Waals surface area contributed by atoms with E-state index in [1.807, 2.05) is 0 Å². The highest BCUT2D eigenvalue weighted by Gasteiger charge is 2.17. The van der Waals surface area contributed by atoms with Crippen LogP contribution in [0, 0.1) is 6.92 Å². The van der Waals surface area contributed by atoms with Crippen molar-refractivity contribution in [3.8, 4) is 0 Å². The van der Waals surface area contributed by atoms with Gasteiger partial charge in [0, 0.05) is 12.1 Å². The zero-order chi connectivity index (χ0) is 12.6. The van der Waals surface area contributed by atoms with Crippen molar-refractivity contribution >= 4 is 17.6 Å². The summed E-state index contributed by atoms with van der Waals surface area (Å²) >= 11 is 0. The van der Waals surface area contributed by atoms with Gasteiger partial charge in [-0.1, -0.05) is 0 Å². The first-order valence-electron chi connectivity index (χ1n) is 4.72. The number of nitrogens with zero attached hydrogens (tertiary/aromatic N) is 3. The smallest absolute Gasteiger partial charge is 0.356 e. The molecule has 7 nitrogen and oxygen atoms in total. The van der Waals surface area contributed by atoms with Crippen molar-refractivity contribution in [2.45, 2.75) is 6.92 Å². The molecule has 0 aliphatic rings. The maximum absolute atomic E-state index is 11.3. The van der Waals surface area contributed by atoms with Crippen LogP contribution in [0.15, 0.2) is 12.1 Å². The Bertz CT molecular complexity index is 617. The first-order chi connectivity index (χ1) is 8.02. The number of fused-ring (bicyclic) bond motifs is 1. The molecule has 0 fully saturated rings. The number of aromatic nitrogens is 3. The lowest BCUT2D eigenvalue weighted by Crippen LogP contribution is -2.12. The van der Waals surface area contributed by atoms with Crippen LogP contribution < -0.4 is 0 Å². The summed E-state index contributed by atoms with van der Waals surface area (Å²) in [6, 6.07) is 2.71. The molecule has 88 valence electrons. The molecule has 0 unspecified atom stereocenters. The second-order valence-corrected chi connectivity index (χ2v) is 3.38. The van der Waals surface area contributed by atoms with Crippen LogP contribution in [-0.4, -0.2) is 38.8 Å². The number of aromatic carboxylic acids is 1. The normalized spacial score (nSPS) is 10.5. The number of esters is 1. The highest BCUT2D eigenvalue weighted by Crippen LogP contribution is 2.10. The van der Waals surface area contributed by atoms with Crippen LogP contribution in [0.4, 0.5) is 0 Å². The fraction of sp³-hybridized carbons (Fsp3) is 0.200. The fourth-order valence-corrected chi connectivity index (χ4v) is 1.45. The lowest BCUT2D eigenvalue weighted by molar-refractivity contribution is 0.0594. The third-order valence-electron chi connectivity index (χ3n) is 2.16. The van der Waals surface area contributed by atoms with Crippen LogP contribution in [-0.2, 0) is 4.74 Å². The van der Waals surface area contributed by atoms with E-state index in [1.54, 1.807) is 13.0 Å². The van der Waals surface area contributed by atoms with Crippen molar-refractivity contribution < 1.29 is 19.4 Å². The minimum atomic E-state index is -1.19. The van der Waals surface area contributed by atoms with Crippen molar-refractivity contribution in [1.82, 2.24) is 14.6 Å². The molecule has 0 spiro atoms. The van der Waals surface area contributed by atoms with E-state index in [-0.39, 0.29) is 11.4 Å². The minimum absolute atomic E-state index is 0.0581. The molecule has 0 saturated heterocycles. The maximum Gasteiger partial charge on any atom is 0.356 e. The van der Waals surface area contributed by atoms with Crippen LogP contribution >= 0.6 is 0 Å². The van der Waals surface area contributed by atoms with Gasteiger partial charge in [0.25, 0.3) is 0 Å². The van der Waals surface area contributed by atoms with Gasteiger partial charge in [0.15, 0.2) is 17.0 Å².